The fourth-order valence-electron chi connectivity index (χ4n) is 5.19. The molecule has 2 aliphatic carbocycles. The summed E-state index contributed by atoms with van der Waals surface area (Å²) in [5, 5.41) is 0. The predicted molar refractivity (Wildman–Crippen MR) is 120 cm³/mol. The molecule has 2 fully saturated rings. The van der Waals surface area contributed by atoms with Gasteiger partial charge in [-0.25, -0.2) is 4.39 Å². The van der Waals surface area contributed by atoms with E-state index in [4.69, 9.17) is 0 Å². The van der Waals surface area contributed by atoms with Gasteiger partial charge in [0.2, 0.25) is 0 Å². The first kappa shape index (κ1) is 23.7. The van der Waals surface area contributed by atoms with Crippen LogP contribution in [0.15, 0.2) is 54.8 Å². The first-order valence-corrected chi connectivity index (χ1v) is 11.5. The molecule has 3 rings (SSSR count). The Morgan fingerprint density at radius 1 is 0.968 bits per heavy atom. The summed E-state index contributed by atoms with van der Waals surface area (Å²) in [6.45, 7) is 11.2. The Hall–Kier alpha value is -1.97. The van der Waals surface area contributed by atoms with Crippen LogP contribution in [-0.2, 0) is 10.8 Å². The molecule has 170 valence electrons. The molecule has 0 bridgehead atoms. The van der Waals surface area contributed by atoms with Crippen molar-refractivity contribution in [2.24, 2.45) is 17.8 Å². The highest BCUT2D eigenvalue weighted by Gasteiger charge is 2.38. The molecule has 0 amide bonds. The van der Waals surface area contributed by atoms with Crippen LogP contribution in [0.2, 0.25) is 0 Å². The lowest BCUT2D eigenvalue weighted by atomic mass is 9.68. The first-order valence-electron chi connectivity index (χ1n) is 11.5. The quantitative estimate of drug-likeness (QED) is 0.309. The van der Waals surface area contributed by atoms with Gasteiger partial charge in [0.05, 0.1) is 5.56 Å². The fraction of sp³-hybridized carbons (Fsp3) is 0.556. The Morgan fingerprint density at radius 3 is 2.10 bits per heavy atom. The number of allylic oxidation sites excluding steroid dienone is 3. The van der Waals surface area contributed by atoms with Crippen LogP contribution in [0.4, 0.5) is 13.2 Å². The fourth-order valence-corrected chi connectivity index (χ4v) is 5.19. The van der Waals surface area contributed by atoms with Crippen LogP contribution < -0.4 is 0 Å². The highest BCUT2D eigenvalue weighted by molar-refractivity contribution is 5.30. The maximum absolute atomic E-state index is 14.6. The molecule has 0 heterocycles. The summed E-state index contributed by atoms with van der Waals surface area (Å²) in [4.78, 5) is 0. The molecule has 4 heteroatoms. The average Bonchev–Trinajstić information content (AvgIpc) is 2.72. The van der Waals surface area contributed by atoms with Crippen molar-refractivity contribution >= 4 is 0 Å². The summed E-state index contributed by atoms with van der Waals surface area (Å²) in [5.41, 5.74) is 0.733. The molecule has 0 aromatic heterocycles. The van der Waals surface area contributed by atoms with Gasteiger partial charge in [-0.1, -0.05) is 50.6 Å². The van der Waals surface area contributed by atoms with E-state index in [1.165, 1.54) is 43.9 Å². The van der Waals surface area contributed by atoms with Gasteiger partial charge in [0.1, 0.15) is 11.6 Å². The standard InChI is InChI=1S/C27H35F3O/c1-18(2)5-8-20(4)31-27(29,30)25-16-15-24(17-26(25)28)23-13-11-22(12-14-23)21-9-6-19(3)7-10-21/h5,8,15-17,19,21-23H,1,4,6-7,9-14H2,2-3H3/b8-5-. The van der Waals surface area contributed by atoms with Crippen LogP contribution in [0.1, 0.15) is 82.3 Å². The van der Waals surface area contributed by atoms with Crippen molar-refractivity contribution in [1.82, 2.24) is 0 Å². The second-order valence-electron chi connectivity index (χ2n) is 9.64. The van der Waals surface area contributed by atoms with Gasteiger partial charge < -0.3 is 4.74 Å². The maximum Gasteiger partial charge on any atom is 0.429 e. The molecule has 0 spiro atoms. The normalized spacial score (nSPS) is 27.3. The van der Waals surface area contributed by atoms with Crippen LogP contribution in [0, 0.1) is 23.6 Å². The minimum atomic E-state index is -3.78. The molecule has 0 radical (unpaired) electrons. The van der Waals surface area contributed by atoms with E-state index in [9.17, 15) is 13.2 Å². The third-order valence-corrected chi connectivity index (χ3v) is 7.09. The molecule has 2 saturated carbocycles. The van der Waals surface area contributed by atoms with Crippen molar-refractivity contribution in [3.63, 3.8) is 0 Å². The van der Waals surface area contributed by atoms with Crippen molar-refractivity contribution in [2.75, 3.05) is 0 Å². The second-order valence-corrected chi connectivity index (χ2v) is 9.64. The second kappa shape index (κ2) is 10.1. The van der Waals surface area contributed by atoms with E-state index in [-0.39, 0.29) is 11.7 Å². The molecule has 1 nitrogen and oxygen atoms in total. The average molecular weight is 433 g/mol. The lowest BCUT2D eigenvalue weighted by Crippen LogP contribution is -2.25. The molecular weight excluding hydrogens is 397 g/mol. The van der Waals surface area contributed by atoms with E-state index >= 15 is 0 Å². The summed E-state index contributed by atoms with van der Waals surface area (Å²) in [5.74, 6) is 1.53. The van der Waals surface area contributed by atoms with Crippen LogP contribution in [0.3, 0.4) is 0 Å². The number of hydrogen-bond acceptors (Lipinski definition) is 1. The Labute approximate surface area is 185 Å². The van der Waals surface area contributed by atoms with E-state index < -0.39 is 17.5 Å². The van der Waals surface area contributed by atoms with Crippen LogP contribution in [0.5, 0.6) is 0 Å². The van der Waals surface area contributed by atoms with Crippen molar-refractivity contribution in [3.05, 3.63) is 71.8 Å². The summed E-state index contributed by atoms with van der Waals surface area (Å²) in [7, 11) is 0. The summed E-state index contributed by atoms with van der Waals surface area (Å²) in [6, 6.07) is 4.07. The van der Waals surface area contributed by atoms with Gasteiger partial charge >= 0.3 is 6.11 Å². The minimum absolute atomic E-state index is 0.241. The van der Waals surface area contributed by atoms with Crippen molar-refractivity contribution in [1.29, 1.82) is 0 Å². The number of ether oxygens (including phenoxy) is 1. The highest BCUT2D eigenvalue weighted by Crippen LogP contribution is 2.44. The molecule has 0 unspecified atom stereocenters. The van der Waals surface area contributed by atoms with Gasteiger partial charge in [-0.05, 0) is 92.9 Å². The van der Waals surface area contributed by atoms with Gasteiger partial charge in [-0.2, -0.15) is 8.78 Å². The zero-order valence-corrected chi connectivity index (χ0v) is 18.8. The summed E-state index contributed by atoms with van der Waals surface area (Å²) >= 11 is 0. The van der Waals surface area contributed by atoms with Crippen molar-refractivity contribution in [2.45, 2.75) is 77.2 Å². The predicted octanol–water partition coefficient (Wildman–Crippen LogP) is 8.64. The Kier molecular flexibility index (Phi) is 7.72. The van der Waals surface area contributed by atoms with Crippen LogP contribution in [-0.4, -0.2) is 0 Å². The molecule has 0 aliphatic heterocycles. The van der Waals surface area contributed by atoms with Gasteiger partial charge in [-0.3, -0.25) is 0 Å². The van der Waals surface area contributed by atoms with E-state index in [1.54, 1.807) is 13.0 Å². The van der Waals surface area contributed by atoms with E-state index in [0.717, 1.165) is 55.1 Å². The molecule has 0 N–H and O–H groups in total. The third-order valence-electron chi connectivity index (χ3n) is 7.09. The van der Waals surface area contributed by atoms with E-state index in [2.05, 4.69) is 24.8 Å². The molecule has 2 aliphatic rings. The smallest absolute Gasteiger partial charge is 0.429 e. The van der Waals surface area contributed by atoms with Gasteiger partial charge in [0.15, 0.2) is 0 Å². The number of halogens is 3. The third kappa shape index (κ3) is 6.27. The molecule has 1 aromatic carbocycles. The molecular formula is C27H35F3O. The van der Waals surface area contributed by atoms with Gasteiger partial charge in [0, 0.05) is 0 Å². The number of alkyl halides is 2. The van der Waals surface area contributed by atoms with E-state index in [1.807, 2.05) is 0 Å². The maximum atomic E-state index is 14.6. The zero-order chi connectivity index (χ0) is 22.6. The Morgan fingerprint density at radius 2 is 1.55 bits per heavy atom. The van der Waals surface area contributed by atoms with E-state index in [0.29, 0.717) is 5.57 Å². The molecule has 1 aromatic rings. The lowest BCUT2D eigenvalue weighted by Gasteiger charge is -2.37. The zero-order valence-electron chi connectivity index (χ0n) is 18.8. The summed E-state index contributed by atoms with van der Waals surface area (Å²) in [6.07, 6.45) is 8.69. The largest absolute Gasteiger partial charge is 0.429 e. The van der Waals surface area contributed by atoms with Gasteiger partial charge in [0.25, 0.3) is 0 Å². The number of benzene rings is 1. The van der Waals surface area contributed by atoms with Crippen molar-refractivity contribution in [3.8, 4) is 0 Å². The Bertz CT molecular complexity index is 810. The lowest BCUT2D eigenvalue weighted by molar-refractivity contribution is -0.222. The minimum Gasteiger partial charge on any atom is -0.429 e. The molecule has 0 saturated heterocycles. The molecule has 0 atom stereocenters. The van der Waals surface area contributed by atoms with Gasteiger partial charge in [-0.15, -0.1) is 0 Å². The van der Waals surface area contributed by atoms with Crippen LogP contribution in [0.25, 0.3) is 0 Å². The van der Waals surface area contributed by atoms with Crippen LogP contribution >= 0.6 is 0 Å². The number of hydrogen-bond donors (Lipinski definition) is 0. The topological polar surface area (TPSA) is 9.23 Å². The monoisotopic (exact) mass is 432 g/mol. The SMILES string of the molecule is C=C(C)/C=C\C(=C)OC(F)(F)c1ccc(C2CCC(C3CCC(C)CC3)CC2)cc1F. The Balaban J connectivity index is 1.60. The number of rotatable bonds is 7. The first-order chi connectivity index (χ1) is 14.7. The molecule has 31 heavy (non-hydrogen) atoms. The van der Waals surface area contributed by atoms with Crippen molar-refractivity contribution < 1.29 is 17.9 Å². The highest BCUT2D eigenvalue weighted by atomic mass is 19.3. The summed E-state index contributed by atoms with van der Waals surface area (Å²) < 4.78 is 48.2.